The Bertz CT molecular complexity index is 546. The molecule has 0 aromatic heterocycles. The SMILES string of the molecule is Cc1ccc(C=NNC(=O)C=C2CC(=O)NN2)cc1. The normalized spacial score (nSPS) is 16.5. The van der Waals surface area contributed by atoms with Gasteiger partial charge in [-0.05, 0) is 12.5 Å². The number of hydrazone groups is 1. The maximum absolute atomic E-state index is 11.5. The van der Waals surface area contributed by atoms with E-state index in [9.17, 15) is 9.59 Å². The smallest absolute Gasteiger partial charge is 0.265 e. The molecule has 1 aromatic rings. The van der Waals surface area contributed by atoms with Crippen LogP contribution in [-0.4, -0.2) is 18.0 Å². The quantitative estimate of drug-likeness (QED) is 0.416. The first-order valence-electron chi connectivity index (χ1n) is 5.78. The van der Waals surface area contributed by atoms with Crippen LogP contribution < -0.4 is 16.3 Å². The average molecular weight is 258 g/mol. The molecule has 0 aliphatic carbocycles. The van der Waals surface area contributed by atoms with Gasteiger partial charge < -0.3 is 5.43 Å². The lowest BCUT2D eigenvalue weighted by molar-refractivity contribution is -0.119. The van der Waals surface area contributed by atoms with Gasteiger partial charge in [-0.3, -0.25) is 15.0 Å². The minimum absolute atomic E-state index is 0.165. The molecule has 98 valence electrons. The predicted octanol–water partition coefficient (Wildman–Crippen LogP) is 0.354. The van der Waals surface area contributed by atoms with Crippen molar-refractivity contribution in [2.45, 2.75) is 13.3 Å². The maximum Gasteiger partial charge on any atom is 0.265 e. The van der Waals surface area contributed by atoms with Gasteiger partial charge >= 0.3 is 0 Å². The molecule has 1 heterocycles. The lowest BCUT2D eigenvalue weighted by atomic mass is 10.2. The number of benzene rings is 1. The molecule has 1 aliphatic rings. The number of nitrogens with one attached hydrogen (secondary N) is 3. The maximum atomic E-state index is 11.5. The molecule has 0 atom stereocenters. The first-order chi connectivity index (χ1) is 9.13. The van der Waals surface area contributed by atoms with Gasteiger partial charge in [-0.15, -0.1) is 0 Å². The van der Waals surface area contributed by atoms with Gasteiger partial charge in [0.25, 0.3) is 5.91 Å². The zero-order valence-electron chi connectivity index (χ0n) is 10.4. The van der Waals surface area contributed by atoms with E-state index in [0.717, 1.165) is 11.1 Å². The Hall–Kier alpha value is -2.63. The summed E-state index contributed by atoms with van der Waals surface area (Å²) in [4.78, 5) is 22.4. The number of hydrazine groups is 1. The van der Waals surface area contributed by atoms with Crippen LogP contribution in [0.4, 0.5) is 0 Å². The van der Waals surface area contributed by atoms with Gasteiger partial charge in [0.2, 0.25) is 5.91 Å². The third kappa shape index (κ3) is 3.95. The van der Waals surface area contributed by atoms with Crippen LogP contribution in [0.15, 0.2) is 41.1 Å². The molecule has 2 rings (SSSR count). The molecule has 3 N–H and O–H groups in total. The minimum Gasteiger partial charge on any atom is -0.302 e. The van der Waals surface area contributed by atoms with Crippen LogP contribution in [0.2, 0.25) is 0 Å². The van der Waals surface area contributed by atoms with Crippen molar-refractivity contribution in [2.75, 3.05) is 0 Å². The number of carbonyl (C=O) groups is 2. The highest BCUT2D eigenvalue weighted by Crippen LogP contribution is 2.01. The molecule has 1 saturated heterocycles. The first-order valence-corrected chi connectivity index (χ1v) is 5.78. The Morgan fingerprint density at radius 3 is 2.68 bits per heavy atom. The van der Waals surface area contributed by atoms with Crippen LogP contribution in [-0.2, 0) is 9.59 Å². The van der Waals surface area contributed by atoms with Crippen molar-refractivity contribution in [3.63, 3.8) is 0 Å². The van der Waals surface area contributed by atoms with Crippen LogP contribution in [0.1, 0.15) is 17.5 Å². The molecule has 0 spiro atoms. The minimum atomic E-state index is -0.387. The topological polar surface area (TPSA) is 82.6 Å². The van der Waals surface area contributed by atoms with Crippen molar-refractivity contribution in [3.8, 4) is 0 Å². The van der Waals surface area contributed by atoms with E-state index in [2.05, 4.69) is 21.4 Å². The Kier molecular flexibility index (Phi) is 3.92. The summed E-state index contributed by atoms with van der Waals surface area (Å²) in [5.74, 6) is -0.551. The number of hydrogen-bond donors (Lipinski definition) is 3. The van der Waals surface area contributed by atoms with E-state index in [1.54, 1.807) is 6.21 Å². The van der Waals surface area contributed by atoms with Crippen molar-refractivity contribution in [1.82, 2.24) is 16.3 Å². The van der Waals surface area contributed by atoms with Crippen LogP contribution >= 0.6 is 0 Å². The highest BCUT2D eigenvalue weighted by Gasteiger charge is 2.14. The molecular weight excluding hydrogens is 244 g/mol. The summed E-state index contributed by atoms with van der Waals surface area (Å²) in [5.41, 5.74) is 9.93. The fraction of sp³-hybridized carbons (Fsp3) is 0.154. The first kappa shape index (κ1) is 12.8. The zero-order valence-corrected chi connectivity index (χ0v) is 10.4. The Labute approximate surface area is 110 Å². The Morgan fingerprint density at radius 1 is 1.32 bits per heavy atom. The van der Waals surface area contributed by atoms with Crippen molar-refractivity contribution < 1.29 is 9.59 Å². The zero-order chi connectivity index (χ0) is 13.7. The van der Waals surface area contributed by atoms with Crippen molar-refractivity contribution >= 4 is 18.0 Å². The molecule has 1 aromatic carbocycles. The Balaban J connectivity index is 1.86. The van der Waals surface area contributed by atoms with E-state index in [1.807, 2.05) is 31.2 Å². The summed E-state index contributed by atoms with van der Waals surface area (Å²) in [6, 6.07) is 7.74. The van der Waals surface area contributed by atoms with E-state index >= 15 is 0 Å². The summed E-state index contributed by atoms with van der Waals surface area (Å²) in [6.07, 6.45) is 3.03. The van der Waals surface area contributed by atoms with E-state index in [1.165, 1.54) is 6.08 Å². The number of nitrogens with zero attached hydrogens (tertiary/aromatic N) is 1. The summed E-state index contributed by atoms with van der Waals surface area (Å²) in [6.45, 7) is 2.00. The second-order valence-electron chi connectivity index (χ2n) is 4.16. The molecule has 19 heavy (non-hydrogen) atoms. The summed E-state index contributed by atoms with van der Waals surface area (Å²) < 4.78 is 0. The van der Waals surface area contributed by atoms with E-state index in [4.69, 9.17) is 0 Å². The van der Waals surface area contributed by atoms with Gasteiger partial charge in [0.15, 0.2) is 0 Å². The van der Waals surface area contributed by atoms with E-state index < -0.39 is 0 Å². The fourth-order valence-electron chi connectivity index (χ4n) is 1.51. The molecule has 0 saturated carbocycles. The van der Waals surface area contributed by atoms with Gasteiger partial charge in [0, 0.05) is 11.8 Å². The van der Waals surface area contributed by atoms with Crippen molar-refractivity contribution in [2.24, 2.45) is 5.10 Å². The monoisotopic (exact) mass is 258 g/mol. The Morgan fingerprint density at radius 2 is 2.05 bits per heavy atom. The molecule has 1 fully saturated rings. The number of rotatable bonds is 3. The molecule has 2 amide bonds. The lowest BCUT2D eigenvalue weighted by Gasteiger charge is -1.97. The number of aryl methyl sites for hydroxylation is 1. The molecule has 6 nitrogen and oxygen atoms in total. The van der Waals surface area contributed by atoms with E-state index in [0.29, 0.717) is 5.70 Å². The van der Waals surface area contributed by atoms with Crippen LogP contribution in [0.5, 0.6) is 0 Å². The summed E-state index contributed by atoms with van der Waals surface area (Å²) in [5, 5.41) is 3.83. The lowest BCUT2D eigenvalue weighted by Crippen LogP contribution is -2.25. The number of hydrogen-bond acceptors (Lipinski definition) is 4. The molecule has 6 heteroatoms. The predicted molar refractivity (Wildman–Crippen MR) is 70.9 cm³/mol. The summed E-state index contributed by atoms with van der Waals surface area (Å²) >= 11 is 0. The second kappa shape index (κ2) is 5.81. The van der Waals surface area contributed by atoms with Gasteiger partial charge in [-0.25, -0.2) is 5.43 Å². The van der Waals surface area contributed by atoms with E-state index in [-0.39, 0.29) is 18.2 Å². The average Bonchev–Trinajstić information content (AvgIpc) is 2.77. The molecule has 1 aliphatic heterocycles. The highest BCUT2D eigenvalue weighted by atomic mass is 16.2. The van der Waals surface area contributed by atoms with Crippen molar-refractivity contribution in [1.29, 1.82) is 0 Å². The van der Waals surface area contributed by atoms with Crippen LogP contribution in [0.25, 0.3) is 0 Å². The van der Waals surface area contributed by atoms with Gasteiger partial charge in [0.05, 0.1) is 12.6 Å². The molecule has 0 radical (unpaired) electrons. The molecule has 0 bridgehead atoms. The third-order valence-electron chi connectivity index (χ3n) is 2.48. The second-order valence-corrected chi connectivity index (χ2v) is 4.16. The van der Waals surface area contributed by atoms with Crippen molar-refractivity contribution in [3.05, 3.63) is 47.2 Å². The van der Waals surface area contributed by atoms with Gasteiger partial charge in [0.1, 0.15) is 0 Å². The van der Waals surface area contributed by atoms with Gasteiger partial charge in [-0.2, -0.15) is 5.10 Å². The molecule has 0 unspecified atom stereocenters. The van der Waals surface area contributed by atoms with Crippen LogP contribution in [0.3, 0.4) is 0 Å². The number of amides is 2. The molecular formula is C13H14N4O2. The largest absolute Gasteiger partial charge is 0.302 e. The number of carbonyl (C=O) groups excluding carboxylic acids is 2. The highest BCUT2D eigenvalue weighted by molar-refractivity contribution is 5.91. The fourth-order valence-corrected chi connectivity index (χ4v) is 1.51. The van der Waals surface area contributed by atoms with Gasteiger partial charge in [-0.1, -0.05) is 29.8 Å². The standard InChI is InChI=1S/C13H14N4O2/c1-9-2-4-10(5-3-9)8-14-16-12(18)6-11-7-13(19)17-15-11/h2-6,8,15H,7H2,1H3,(H,16,18)(H,17,19). The summed E-state index contributed by atoms with van der Waals surface area (Å²) in [7, 11) is 0. The third-order valence-corrected chi connectivity index (χ3v) is 2.48. The van der Waals surface area contributed by atoms with Crippen LogP contribution in [0, 0.1) is 6.92 Å².